The summed E-state index contributed by atoms with van der Waals surface area (Å²) in [5, 5.41) is 3.83. The first-order valence-corrected chi connectivity index (χ1v) is 6.44. The van der Waals surface area contributed by atoms with Gasteiger partial charge in [-0.3, -0.25) is 0 Å². The first-order valence-electron chi connectivity index (χ1n) is 5.27. The van der Waals surface area contributed by atoms with E-state index in [1.807, 2.05) is 6.07 Å². The van der Waals surface area contributed by atoms with Crippen LogP contribution in [0.2, 0.25) is 5.02 Å². The molecule has 5 heteroatoms. The lowest BCUT2D eigenvalue weighted by Gasteiger charge is -2.14. The van der Waals surface area contributed by atoms with Crippen LogP contribution in [-0.4, -0.2) is 19.3 Å². The van der Waals surface area contributed by atoms with Crippen LogP contribution in [0.3, 0.4) is 0 Å². The van der Waals surface area contributed by atoms with E-state index in [2.05, 4.69) is 21.2 Å². The van der Waals surface area contributed by atoms with Gasteiger partial charge in [-0.25, -0.2) is 0 Å². The molecule has 1 aromatic carbocycles. The van der Waals surface area contributed by atoms with E-state index < -0.39 is 0 Å². The lowest BCUT2D eigenvalue weighted by molar-refractivity contribution is 0.120. The van der Waals surface area contributed by atoms with Gasteiger partial charge in [0.05, 0.1) is 22.5 Å². The highest BCUT2D eigenvalue weighted by atomic mass is 79.9. The van der Waals surface area contributed by atoms with Gasteiger partial charge in [0.2, 0.25) is 0 Å². The van der Waals surface area contributed by atoms with Gasteiger partial charge in [-0.15, -0.1) is 0 Å². The van der Waals surface area contributed by atoms with Crippen molar-refractivity contribution in [2.24, 2.45) is 0 Å². The number of halogens is 2. The van der Waals surface area contributed by atoms with Crippen molar-refractivity contribution >= 4 is 38.9 Å². The molecule has 88 valence electrons. The molecule has 1 aliphatic heterocycles. The van der Waals surface area contributed by atoms with Crippen LogP contribution < -0.4 is 11.1 Å². The molecule has 0 aromatic heterocycles. The number of nitrogen functional groups attached to an aromatic ring is 1. The topological polar surface area (TPSA) is 47.3 Å². The second kappa shape index (κ2) is 5.25. The molecular weight excluding hydrogens is 291 g/mol. The first-order chi connectivity index (χ1) is 7.66. The second-order valence-corrected chi connectivity index (χ2v) is 5.19. The van der Waals surface area contributed by atoms with E-state index in [4.69, 9.17) is 22.1 Å². The van der Waals surface area contributed by atoms with Gasteiger partial charge < -0.3 is 15.8 Å². The third-order valence-electron chi connectivity index (χ3n) is 2.64. The Hall–Kier alpha value is -0.450. The lowest BCUT2D eigenvalue weighted by atomic mass is 10.2. The maximum Gasteiger partial charge on any atom is 0.0748 e. The smallest absolute Gasteiger partial charge is 0.0748 e. The molecule has 1 unspecified atom stereocenters. The van der Waals surface area contributed by atoms with E-state index in [-0.39, 0.29) is 6.10 Å². The average molecular weight is 306 g/mol. The largest absolute Gasteiger partial charge is 0.396 e. The average Bonchev–Trinajstić information content (AvgIpc) is 2.74. The highest BCUT2D eigenvalue weighted by Gasteiger charge is 2.15. The Kier molecular flexibility index (Phi) is 3.95. The fourth-order valence-electron chi connectivity index (χ4n) is 1.76. The van der Waals surface area contributed by atoms with Crippen molar-refractivity contribution in [3.8, 4) is 0 Å². The van der Waals surface area contributed by atoms with Crippen molar-refractivity contribution in [3.05, 3.63) is 21.6 Å². The van der Waals surface area contributed by atoms with E-state index in [1.165, 1.54) is 0 Å². The van der Waals surface area contributed by atoms with E-state index in [1.54, 1.807) is 6.07 Å². The summed E-state index contributed by atoms with van der Waals surface area (Å²) in [6, 6.07) is 3.71. The zero-order chi connectivity index (χ0) is 11.5. The highest BCUT2D eigenvalue weighted by Crippen LogP contribution is 2.31. The maximum atomic E-state index is 5.99. The summed E-state index contributed by atoms with van der Waals surface area (Å²) in [5.41, 5.74) is 7.32. The number of benzene rings is 1. The van der Waals surface area contributed by atoms with Crippen LogP contribution in [0.1, 0.15) is 12.8 Å². The highest BCUT2D eigenvalue weighted by molar-refractivity contribution is 9.10. The van der Waals surface area contributed by atoms with Crippen molar-refractivity contribution < 1.29 is 4.74 Å². The molecule has 0 aliphatic carbocycles. The molecule has 0 spiro atoms. The summed E-state index contributed by atoms with van der Waals surface area (Å²) >= 11 is 9.38. The van der Waals surface area contributed by atoms with Crippen LogP contribution in [0.4, 0.5) is 11.4 Å². The molecule has 1 fully saturated rings. The number of nitrogens with two attached hydrogens (primary N) is 1. The summed E-state index contributed by atoms with van der Waals surface area (Å²) in [5.74, 6) is 0. The summed E-state index contributed by atoms with van der Waals surface area (Å²) in [6.45, 7) is 1.64. The van der Waals surface area contributed by atoms with E-state index in [0.29, 0.717) is 10.7 Å². The minimum atomic E-state index is 0.289. The number of hydrogen-bond donors (Lipinski definition) is 2. The molecule has 0 radical (unpaired) electrons. The minimum absolute atomic E-state index is 0.289. The van der Waals surface area contributed by atoms with E-state index >= 15 is 0 Å². The number of hydrogen-bond acceptors (Lipinski definition) is 3. The predicted molar refractivity (Wildman–Crippen MR) is 71.0 cm³/mol. The van der Waals surface area contributed by atoms with Crippen molar-refractivity contribution in [2.45, 2.75) is 18.9 Å². The summed E-state index contributed by atoms with van der Waals surface area (Å²) in [7, 11) is 0. The van der Waals surface area contributed by atoms with Crippen LogP contribution in [0.5, 0.6) is 0 Å². The zero-order valence-electron chi connectivity index (χ0n) is 8.80. The Morgan fingerprint density at radius 2 is 2.38 bits per heavy atom. The normalized spacial score (nSPS) is 20.0. The van der Waals surface area contributed by atoms with E-state index in [9.17, 15) is 0 Å². The SMILES string of the molecule is Nc1c(Cl)cc(Br)cc1NCC1CCCO1. The Balaban J connectivity index is 2.02. The predicted octanol–water partition coefficient (Wildman–Crippen LogP) is 3.28. The molecule has 1 aromatic rings. The van der Waals surface area contributed by atoms with Crippen LogP contribution >= 0.6 is 27.5 Å². The monoisotopic (exact) mass is 304 g/mol. The molecule has 16 heavy (non-hydrogen) atoms. The van der Waals surface area contributed by atoms with Gasteiger partial charge in [0.15, 0.2) is 0 Å². The van der Waals surface area contributed by atoms with Crippen LogP contribution in [0.25, 0.3) is 0 Å². The molecule has 1 saturated heterocycles. The molecule has 1 aliphatic rings. The van der Waals surface area contributed by atoms with Crippen molar-refractivity contribution in [1.29, 1.82) is 0 Å². The Labute approximate surface area is 108 Å². The molecule has 1 heterocycles. The zero-order valence-corrected chi connectivity index (χ0v) is 11.1. The first kappa shape index (κ1) is 12.0. The Bertz CT molecular complexity index is 380. The lowest BCUT2D eigenvalue weighted by Crippen LogP contribution is -2.19. The van der Waals surface area contributed by atoms with Gasteiger partial charge in [-0.05, 0) is 25.0 Å². The van der Waals surface area contributed by atoms with Gasteiger partial charge in [0.1, 0.15) is 0 Å². The van der Waals surface area contributed by atoms with Crippen molar-refractivity contribution in [1.82, 2.24) is 0 Å². The van der Waals surface area contributed by atoms with Gasteiger partial charge in [-0.1, -0.05) is 27.5 Å². The van der Waals surface area contributed by atoms with Gasteiger partial charge >= 0.3 is 0 Å². The Morgan fingerprint density at radius 3 is 3.06 bits per heavy atom. The molecule has 3 N–H and O–H groups in total. The molecule has 3 nitrogen and oxygen atoms in total. The molecule has 1 atom stereocenters. The molecular formula is C11H14BrClN2O. The minimum Gasteiger partial charge on any atom is -0.396 e. The summed E-state index contributed by atoms with van der Waals surface area (Å²) < 4.78 is 6.45. The summed E-state index contributed by atoms with van der Waals surface area (Å²) in [6.07, 6.45) is 2.53. The number of anilines is 2. The number of rotatable bonds is 3. The van der Waals surface area contributed by atoms with Crippen LogP contribution in [-0.2, 0) is 4.74 Å². The van der Waals surface area contributed by atoms with Gasteiger partial charge in [0.25, 0.3) is 0 Å². The molecule has 0 amide bonds. The van der Waals surface area contributed by atoms with Crippen LogP contribution in [0.15, 0.2) is 16.6 Å². The standard InChI is InChI=1S/C11H14BrClN2O/c12-7-4-9(13)11(14)10(5-7)15-6-8-2-1-3-16-8/h4-5,8,15H,1-3,6,14H2. The third kappa shape index (κ3) is 2.81. The van der Waals surface area contributed by atoms with Gasteiger partial charge in [-0.2, -0.15) is 0 Å². The quantitative estimate of drug-likeness (QED) is 0.843. The van der Waals surface area contributed by atoms with Crippen LogP contribution in [0, 0.1) is 0 Å². The second-order valence-electron chi connectivity index (χ2n) is 3.86. The molecule has 0 saturated carbocycles. The third-order valence-corrected chi connectivity index (χ3v) is 3.41. The number of ether oxygens (including phenoxy) is 1. The maximum absolute atomic E-state index is 5.99. The fourth-order valence-corrected chi connectivity index (χ4v) is 2.57. The summed E-state index contributed by atoms with van der Waals surface area (Å²) in [4.78, 5) is 0. The number of nitrogens with one attached hydrogen (secondary N) is 1. The van der Waals surface area contributed by atoms with Crippen molar-refractivity contribution in [3.63, 3.8) is 0 Å². The molecule has 0 bridgehead atoms. The van der Waals surface area contributed by atoms with E-state index in [0.717, 1.165) is 36.2 Å². The van der Waals surface area contributed by atoms with Crippen molar-refractivity contribution in [2.75, 3.05) is 24.2 Å². The molecule has 2 rings (SSSR count). The Morgan fingerprint density at radius 1 is 1.56 bits per heavy atom. The van der Waals surface area contributed by atoms with Gasteiger partial charge in [0, 0.05) is 17.6 Å². The fraction of sp³-hybridized carbons (Fsp3) is 0.455.